The molecule has 0 amide bonds. The first kappa shape index (κ1) is 32.2. The van der Waals surface area contributed by atoms with Gasteiger partial charge in [-0.25, -0.2) is 9.59 Å². The number of carbonyl (C=O) groups is 5. The van der Waals surface area contributed by atoms with Crippen LogP contribution >= 0.6 is 0 Å². The minimum absolute atomic E-state index is 0.0418. The Kier molecular flexibility index (Phi) is 8.33. The topological polar surface area (TPSA) is 175 Å². The lowest BCUT2D eigenvalue weighted by Gasteiger charge is -2.61. The van der Waals surface area contributed by atoms with Crippen molar-refractivity contribution in [1.29, 1.82) is 0 Å². The maximum absolute atomic E-state index is 13.4. The molecule has 0 saturated carbocycles. The summed E-state index contributed by atoms with van der Waals surface area (Å²) in [6.45, 7) is 1.98. The van der Waals surface area contributed by atoms with E-state index < -0.39 is 78.5 Å². The van der Waals surface area contributed by atoms with E-state index in [0.29, 0.717) is 24.9 Å². The summed E-state index contributed by atoms with van der Waals surface area (Å²) in [6, 6.07) is 2.94. The number of likely N-dealkylation sites (tertiary alicyclic amines) is 1. The molecule has 1 aromatic carbocycles. The summed E-state index contributed by atoms with van der Waals surface area (Å²) in [6.07, 6.45) is -8.72. The van der Waals surface area contributed by atoms with Crippen LogP contribution in [0.15, 0.2) is 24.0 Å². The number of aliphatic hydroxyl groups is 1. The zero-order valence-corrected chi connectivity index (χ0v) is 24.2. The number of carbonyl (C=O) groups excluding carboxylic acids is 5. The van der Waals surface area contributed by atoms with Crippen LogP contribution in [0.5, 0.6) is 11.5 Å². The zero-order valence-electron chi connectivity index (χ0n) is 24.2. The highest BCUT2D eigenvalue weighted by molar-refractivity contribution is 5.90. The number of nitrogens with zero attached hydrogens (tertiary/aromatic N) is 1. The normalized spacial score (nSPS) is 26.8. The van der Waals surface area contributed by atoms with Gasteiger partial charge in [0, 0.05) is 18.0 Å². The van der Waals surface area contributed by atoms with Gasteiger partial charge in [-0.3, -0.25) is 14.4 Å². The van der Waals surface area contributed by atoms with Crippen LogP contribution in [0, 0.1) is 0 Å². The van der Waals surface area contributed by atoms with Crippen molar-refractivity contribution in [3.05, 3.63) is 35.1 Å². The number of hydrogen-bond acceptors (Lipinski definition) is 13. The van der Waals surface area contributed by atoms with Gasteiger partial charge in [-0.1, -0.05) is 6.07 Å². The fraction of sp³-hybridized carbons (Fsp3) is 0.552. The molecule has 1 aromatic rings. The van der Waals surface area contributed by atoms with E-state index in [1.807, 2.05) is 11.9 Å². The Morgan fingerprint density at radius 3 is 2.53 bits per heavy atom. The number of alkyl halides is 3. The molecule has 2 N–H and O–H groups in total. The standard InChI is InChI=1S/C29H30F3NO12/c1-3-41-21(37)13-17(42-19(35)6-7-20(36)44-26(39)29(30,31)32)25(38)43-16-8-9-28(40)18-12-14-4-5-15(34)23-22(14)27(28,24(16)45-23)10-11-33(18)2/h4-5,8,17-18,24,34,40H,3,6-7,9-13H2,1-2H3/t17-,18?,24-,27-,28+/m0/s1. The van der Waals surface area contributed by atoms with Gasteiger partial charge in [0.05, 0.1) is 36.9 Å². The van der Waals surface area contributed by atoms with E-state index in [0.717, 1.165) is 5.56 Å². The summed E-state index contributed by atoms with van der Waals surface area (Å²) in [7, 11) is 1.90. The van der Waals surface area contributed by atoms with Crippen molar-refractivity contribution in [3.8, 4) is 11.5 Å². The molecule has 1 spiro atoms. The molecule has 1 saturated heterocycles. The fourth-order valence-corrected chi connectivity index (χ4v) is 6.80. The summed E-state index contributed by atoms with van der Waals surface area (Å²) < 4.78 is 62.3. The third-order valence-corrected chi connectivity index (χ3v) is 8.74. The van der Waals surface area contributed by atoms with Crippen LogP contribution in [0.1, 0.15) is 50.2 Å². The Morgan fingerprint density at radius 2 is 1.84 bits per heavy atom. The Hall–Kier alpha value is -4.18. The SMILES string of the molecule is CCOC(=O)C[C@H](OC(=O)CCC(=O)OC(=O)C(F)(F)F)C(=O)OC1=CC[C@@]2(O)C3Cc4ccc(O)c5c4[C@@]2(CCN3C)[C@H]1O5. The van der Waals surface area contributed by atoms with E-state index in [9.17, 15) is 47.4 Å². The molecule has 45 heavy (non-hydrogen) atoms. The lowest BCUT2D eigenvalue weighted by molar-refractivity contribution is -0.202. The third-order valence-electron chi connectivity index (χ3n) is 8.74. The zero-order chi connectivity index (χ0) is 32.9. The summed E-state index contributed by atoms with van der Waals surface area (Å²) in [5.41, 5.74) is -0.960. The Morgan fingerprint density at radius 1 is 1.13 bits per heavy atom. The number of benzene rings is 1. The molecule has 2 heterocycles. The number of likely N-dealkylation sites (N-methyl/N-ethyl adjacent to an activating group) is 1. The van der Waals surface area contributed by atoms with Gasteiger partial charge in [0.1, 0.15) is 5.76 Å². The number of ether oxygens (including phenoxy) is 5. The quantitative estimate of drug-likeness (QED) is 0.226. The number of phenolic OH excluding ortho intramolecular Hbond substituents is 1. The van der Waals surface area contributed by atoms with Crippen molar-refractivity contribution < 1.29 is 71.0 Å². The van der Waals surface area contributed by atoms with E-state index in [1.165, 1.54) is 19.1 Å². The van der Waals surface area contributed by atoms with Gasteiger partial charge in [0.25, 0.3) is 0 Å². The minimum atomic E-state index is -5.43. The van der Waals surface area contributed by atoms with E-state index in [4.69, 9.17) is 18.9 Å². The number of hydrogen-bond donors (Lipinski definition) is 2. The molecule has 5 rings (SSSR count). The second kappa shape index (κ2) is 11.6. The molecule has 0 aromatic heterocycles. The maximum Gasteiger partial charge on any atom is 0.491 e. The van der Waals surface area contributed by atoms with Crippen molar-refractivity contribution in [2.45, 2.75) is 80.9 Å². The van der Waals surface area contributed by atoms with Crippen molar-refractivity contribution in [2.75, 3.05) is 20.2 Å². The predicted molar refractivity (Wildman–Crippen MR) is 140 cm³/mol. The van der Waals surface area contributed by atoms with E-state index in [-0.39, 0.29) is 36.3 Å². The highest BCUT2D eigenvalue weighted by atomic mass is 19.4. The minimum Gasteiger partial charge on any atom is -0.504 e. The van der Waals surface area contributed by atoms with Crippen LogP contribution in [0.2, 0.25) is 0 Å². The van der Waals surface area contributed by atoms with Gasteiger partial charge in [-0.05, 0) is 51.1 Å². The molecule has 1 unspecified atom stereocenters. The number of phenols is 1. The van der Waals surface area contributed by atoms with Crippen molar-refractivity contribution in [1.82, 2.24) is 4.90 Å². The molecule has 1 fully saturated rings. The predicted octanol–water partition coefficient (Wildman–Crippen LogP) is 1.49. The first-order chi connectivity index (χ1) is 21.1. The highest BCUT2D eigenvalue weighted by Crippen LogP contribution is 2.65. The van der Waals surface area contributed by atoms with Gasteiger partial charge >= 0.3 is 36.0 Å². The van der Waals surface area contributed by atoms with Crippen molar-refractivity contribution in [3.63, 3.8) is 0 Å². The van der Waals surface area contributed by atoms with E-state index >= 15 is 0 Å². The second-order valence-electron chi connectivity index (χ2n) is 11.3. The molecule has 16 heteroatoms. The number of aromatic hydroxyl groups is 1. The molecule has 5 atom stereocenters. The number of halogens is 3. The molecular weight excluding hydrogens is 611 g/mol. The van der Waals surface area contributed by atoms with Crippen LogP contribution < -0.4 is 4.74 Å². The molecule has 2 bridgehead atoms. The monoisotopic (exact) mass is 641 g/mol. The second-order valence-corrected chi connectivity index (χ2v) is 11.3. The largest absolute Gasteiger partial charge is 0.504 e. The average molecular weight is 642 g/mol. The third kappa shape index (κ3) is 5.49. The highest BCUT2D eigenvalue weighted by Gasteiger charge is 2.72. The molecular formula is C29H30F3NO12. The van der Waals surface area contributed by atoms with Crippen molar-refractivity contribution >= 4 is 29.8 Å². The van der Waals surface area contributed by atoms with Gasteiger partial charge in [-0.2, -0.15) is 13.2 Å². The summed E-state index contributed by atoms with van der Waals surface area (Å²) in [5.74, 6) is -7.94. The van der Waals surface area contributed by atoms with E-state index in [1.54, 1.807) is 6.07 Å². The Balaban J connectivity index is 1.35. The van der Waals surface area contributed by atoms with Gasteiger partial charge in [-0.15, -0.1) is 0 Å². The molecule has 2 aliphatic carbocycles. The lowest BCUT2D eigenvalue weighted by atomic mass is 9.50. The van der Waals surface area contributed by atoms with Crippen LogP contribution in [-0.4, -0.2) is 95.2 Å². The smallest absolute Gasteiger partial charge is 0.491 e. The first-order valence-corrected chi connectivity index (χ1v) is 14.2. The fourth-order valence-electron chi connectivity index (χ4n) is 6.80. The van der Waals surface area contributed by atoms with Gasteiger partial charge < -0.3 is 38.8 Å². The molecule has 0 radical (unpaired) electrons. The summed E-state index contributed by atoms with van der Waals surface area (Å²) >= 11 is 0. The first-order valence-electron chi connectivity index (χ1n) is 14.2. The lowest BCUT2D eigenvalue weighted by Crippen LogP contribution is -2.74. The number of rotatable bonds is 9. The van der Waals surface area contributed by atoms with Gasteiger partial charge in [0.2, 0.25) is 6.10 Å². The van der Waals surface area contributed by atoms with Crippen LogP contribution in [-0.2, 0) is 54.8 Å². The number of piperidine rings is 1. The van der Waals surface area contributed by atoms with E-state index in [2.05, 4.69) is 4.74 Å². The molecule has 13 nitrogen and oxygen atoms in total. The molecule has 2 aliphatic heterocycles. The molecule has 244 valence electrons. The van der Waals surface area contributed by atoms with Crippen molar-refractivity contribution in [2.24, 2.45) is 0 Å². The summed E-state index contributed by atoms with van der Waals surface area (Å²) in [4.78, 5) is 62.5. The Labute approximate surface area is 253 Å². The van der Waals surface area contributed by atoms with Gasteiger partial charge in [0.15, 0.2) is 17.6 Å². The Bertz CT molecular complexity index is 1470. The van der Waals surface area contributed by atoms with Crippen LogP contribution in [0.3, 0.4) is 0 Å². The average Bonchev–Trinajstić information content (AvgIpc) is 3.32. The molecule has 4 aliphatic rings. The maximum atomic E-state index is 13.4. The number of esters is 5. The summed E-state index contributed by atoms with van der Waals surface area (Å²) in [5, 5.41) is 22.9. The van der Waals surface area contributed by atoms with Crippen LogP contribution in [0.25, 0.3) is 0 Å². The van der Waals surface area contributed by atoms with Crippen LogP contribution in [0.4, 0.5) is 13.2 Å².